The molecule has 1 aromatic carbocycles. The summed E-state index contributed by atoms with van der Waals surface area (Å²) in [4.78, 5) is 44.9. The van der Waals surface area contributed by atoms with E-state index >= 15 is 0 Å². The first-order valence-electron chi connectivity index (χ1n) is 12.9. The number of hydrogen-bond donors (Lipinski definition) is 1. The van der Waals surface area contributed by atoms with Gasteiger partial charge in [0, 0.05) is 13.1 Å². The zero-order chi connectivity index (χ0) is 26.3. The molecule has 3 aliphatic heterocycles. The highest BCUT2D eigenvalue weighted by Crippen LogP contribution is 2.65. The van der Waals surface area contributed by atoms with E-state index in [0.717, 1.165) is 5.56 Å². The molecule has 1 spiro atoms. The van der Waals surface area contributed by atoms with Crippen LogP contribution in [0.2, 0.25) is 0 Å². The number of carbonyl (C=O) groups excluding carboxylic acids is 3. The second kappa shape index (κ2) is 9.98. The fourth-order valence-corrected chi connectivity index (χ4v) is 6.72. The van der Waals surface area contributed by atoms with Crippen LogP contribution in [-0.4, -0.2) is 75.7 Å². The minimum atomic E-state index is -1.17. The summed E-state index contributed by atoms with van der Waals surface area (Å²) in [5.41, 5.74) is -1.13. The van der Waals surface area contributed by atoms with Gasteiger partial charge in [-0.05, 0) is 38.2 Å². The molecule has 4 rings (SSSR count). The number of hydrogen-bond acceptors (Lipinski definition) is 6. The molecule has 3 aliphatic rings. The fourth-order valence-electron chi connectivity index (χ4n) is 6.72. The second-order valence-corrected chi connectivity index (χ2v) is 10.4. The SMILES string of the molecule is C=CCN(Cc1ccccc1)C(=O)C1N([C@@H](CC)CO)C(=O)[C@@H]2[C@H](C(=O)OCC)[C@@]3(C)OC12CC3C. The number of nitrogens with zero attached hydrogens (tertiary/aromatic N) is 2. The smallest absolute Gasteiger partial charge is 0.312 e. The van der Waals surface area contributed by atoms with Crippen molar-refractivity contribution in [3.05, 3.63) is 48.6 Å². The number of ether oxygens (including phenoxy) is 2. The van der Waals surface area contributed by atoms with E-state index < -0.39 is 41.1 Å². The molecule has 3 fully saturated rings. The number of fused-ring (bicyclic) bond motifs is 1. The number of carbonyl (C=O) groups is 3. The lowest BCUT2D eigenvalue weighted by atomic mass is 9.62. The van der Waals surface area contributed by atoms with Gasteiger partial charge in [0.1, 0.15) is 17.6 Å². The van der Waals surface area contributed by atoms with Gasteiger partial charge in [0.05, 0.1) is 30.8 Å². The molecule has 0 radical (unpaired) electrons. The number of esters is 1. The van der Waals surface area contributed by atoms with Crippen molar-refractivity contribution in [2.45, 2.75) is 70.4 Å². The summed E-state index contributed by atoms with van der Waals surface area (Å²) >= 11 is 0. The van der Waals surface area contributed by atoms with Gasteiger partial charge in [-0.15, -0.1) is 6.58 Å². The Hall–Kier alpha value is -2.71. The maximum absolute atomic E-state index is 14.4. The molecule has 0 saturated carbocycles. The fraction of sp³-hybridized carbons (Fsp3) is 0.607. The summed E-state index contributed by atoms with van der Waals surface area (Å²) in [6.07, 6.45) is 2.60. The minimum Gasteiger partial charge on any atom is -0.466 e. The second-order valence-electron chi connectivity index (χ2n) is 10.4. The Morgan fingerprint density at radius 2 is 2.03 bits per heavy atom. The Morgan fingerprint density at radius 1 is 1.33 bits per heavy atom. The molecule has 7 atom stereocenters. The maximum Gasteiger partial charge on any atom is 0.312 e. The molecule has 36 heavy (non-hydrogen) atoms. The molecule has 196 valence electrons. The van der Waals surface area contributed by atoms with Crippen LogP contribution in [0.15, 0.2) is 43.0 Å². The molecule has 1 aromatic rings. The summed E-state index contributed by atoms with van der Waals surface area (Å²) in [5.74, 6) is -2.77. The number of likely N-dealkylation sites (tertiary alicyclic amines) is 1. The molecule has 2 amide bonds. The largest absolute Gasteiger partial charge is 0.466 e. The van der Waals surface area contributed by atoms with Gasteiger partial charge in [0.25, 0.3) is 0 Å². The van der Waals surface area contributed by atoms with Crippen LogP contribution < -0.4 is 0 Å². The highest BCUT2D eigenvalue weighted by molar-refractivity contribution is 5.98. The van der Waals surface area contributed by atoms with Gasteiger partial charge in [0.2, 0.25) is 11.8 Å². The summed E-state index contributed by atoms with van der Waals surface area (Å²) in [6, 6.07) is 8.11. The first kappa shape index (κ1) is 26.4. The van der Waals surface area contributed by atoms with Crippen molar-refractivity contribution < 1.29 is 29.0 Å². The van der Waals surface area contributed by atoms with Crippen LogP contribution in [0, 0.1) is 17.8 Å². The van der Waals surface area contributed by atoms with Crippen LogP contribution in [0.3, 0.4) is 0 Å². The van der Waals surface area contributed by atoms with E-state index in [0.29, 0.717) is 19.4 Å². The zero-order valence-electron chi connectivity index (χ0n) is 21.7. The van der Waals surface area contributed by atoms with Gasteiger partial charge in [-0.25, -0.2) is 0 Å². The standard InChI is InChI=1S/C28H38N2O6/c1-6-14-29(16-19-12-10-9-11-13-19)25(33)23-28-15-18(4)27(5,36-28)22(26(34)35-8-3)21(28)24(32)30(23)20(7-2)17-31/h6,9-13,18,20-23,31H,1,7-8,14-17H2,2-5H3/t18?,20-,21-,22+,23?,27-,28?/m0/s1. The Morgan fingerprint density at radius 3 is 2.61 bits per heavy atom. The normalized spacial score (nSPS) is 33.4. The lowest BCUT2D eigenvalue weighted by Gasteiger charge is -2.39. The number of aliphatic hydroxyl groups excluding tert-OH is 1. The Kier molecular flexibility index (Phi) is 7.30. The molecule has 0 aromatic heterocycles. The highest BCUT2D eigenvalue weighted by Gasteiger charge is 2.80. The van der Waals surface area contributed by atoms with E-state index in [4.69, 9.17) is 9.47 Å². The molecule has 3 saturated heterocycles. The molecule has 8 heteroatoms. The molecular weight excluding hydrogens is 460 g/mol. The average Bonchev–Trinajstić information content (AvgIpc) is 3.37. The van der Waals surface area contributed by atoms with Crippen LogP contribution in [0.4, 0.5) is 0 Å². The number of rotatable bonds is 10. The number of benzene rings is 1. The number of aliphatic hydroxyl groups is 1. The monoisotopic (exact) mass is 498 g/mol. The summed E-state index contributed by atoms with van der Waals surface area (Å²) < 4.78 is 12.1. The van der Waals surface area contributed by atoms with Crippen LogP contribution >= 0.6 is 0 Å². The van der Waals surface area contributed by atoms with Gasteiger partial charge in [-0.1, -0.05) is 50.3 Å². The minimum absolute atomic E-state index is 0.0672. The van der Waals surface area contributed by atoms with Crippen molar-refractivity contribution >= 4 is 17.8 Å². The predicted molar refractivity (Wildman–Crippen MR) is 133 cm³/mol. The summed E-state index contributed by atoms with van der Waals surface area (Å²) in [6.45, 7) is 11.8. The topological polar surface area (TPSA) is 96.4 Å². The van der Waals surface area contributed by atoms with Gasteiger partial charge < -0.3 is 24.4 Å². The van der Waals surface area contributed by atoms with Gasteiger partial charge in [-0.2, -0.15) is 0 Å². The average molecular weight is 499 g/mol. The molecule has 1 N–H and O–H groups in total. The first-order valence-corrected chi connectivity index (χ1v) is 12.9. The van der Waals surface area contributed by atoms with E-state index in [-0.39, 0.29) is 37.5 Å². The molecular formula is C28H38N2O6. The Labute approximate surface area is 213 Å². The van der Waals surface area contributed by atoms with Crippen molar-refractivity contribution in [2.24, 2.45) is 17.8 Å². The Bertz CT molecular complexity index is 1010. The lowest BCUT2D eigenvalue weighted by Crippen LogP contribution is -2.58. The molecule has 8 nitrogen and oxygen atoms in total. The molecule has 3 unspecified atom stereocenters. The van der Waals surface area contributed by atoms with Gasteiger partial charge in [-0.3, -0.25) is 14.4 Å². The zero-order valence-corrected chi connectivity index (χ0v) is 21.7. The van der Waals surface area contributed by atoms with E-state index in [1.54, 1.807) is 17.9 Å². The van der Waals surface area contributed by atoms with Crippen molar-refractivity contribution in [1.29, 1.82) is 0 Å². The predicted octanol–water partition coefficient (Wildman–Crippen LogP) is 2.55. The molecule has 2 bridgehead atoms. The van der Waals surface area contributed by atoms with Crippen LogP contribution in [0.1, 0.15) is 46.1 Å². The van der Waals surface area contributed by atoms with Crippen molar-refractivity contribution in [2.75, 3.05) is 19.8 Å². The van der Waals surface area contributed by atoms with Crippen molar-refractivity contribution in [1.82, 2.24) is 9.80 Å². The van der Waals surface area contributed by atoms with Gasteiger partial charge >= 0.3 is 5.97 Å². The summed E-state index contributed by atoms with van der Waals surface area (Å²) in [5, 5.41) is 10.2. The van der Waals surface area contributed by atoms with Gasteiger partial charge in [0.15, 0.2) is 0 Å². The third-order valence-corrected chi connectivity index (χ3v) is 8.48. The maximum atomic E-state index is 14.4. The first-order chi connectivity index (χ1) is 17.2. The van der Waals surface area contributed by atoms with E-state index in [1.807, 2.05) is 51.1 Å². The summed E-state index contributed by atoms with van der Waals surface area (Å²) in [7, 11) is 0. The van der Waals surface area contributed by atoms with E-state index in [9.17, 15) is 19.5 Å². The van der Waals surface area contributed by atoms with E-state index in [1.165, 1.54) is 4.90 Å². The van der Waals surface area contributed by atoms with Crippen molar-refractivity contribution in [3.8, 4) is 0 Å². The van der Waals surface area contributed by atoms with Crippen LogP contribution in [0.5, 0.6) is 0 Å². The third-order valence-electron chi connectivity index (χ3n) is 8.48. The third kappa shape index (κ3) is 3.86. The highest BCUT2D eigenvalue weighted by atomic mass is 16.6. The molecule has 0 aliphatic carbocycles. The quantitative estimate of drug-likeness (QED) is 0.393. The number of amides is 2. The lowest BCUT2D eigenvalue weighted by molar-refractivity contribution is -0.163. The molecule has 3 heterocycles. The van der Waals surface area contributed by atoms with E-state index in [2.05, 4.69) is 6.58 Å². The van der Waals surface area contributed by atoms with Crippen molar-refractivity contribution in [3.63, 3.8) is 0 Å². The van der Waals surface area contributed by atoms with Crippen LogP contribution in [0.25, 0.3) is 0 Å². The van der Waals surface area contributed by atoms with Crippen LogP contribution in [-0.2, 0) is 30.4 Å². The Balaban J connectivity index is 1.81.